The maximum atomic E-state index is 12.7. The normalized spacial score (nSPS) is 20.0. The Hall–Kier alpha value is -2.08. The Morgan fingerprint density at radius 2 is 2.00 bits per heavy atom. The van der Waals surface area contributed by atoms with Crippen molar-refractivity contribution in [3.05, 3.63) is 29.8 Å². The van der Waals surface area contributed by atoms with Gasteiger partial charge in [0.2, 0.25) is 5.91 Å². The van der Waals surface area contributed by atoms with Gasteiger partial charge in [0.05, 0.1) is 0 Å². The van der Waals surface area contributed by atoms with Crippen molar-refractivity contribution >= 4 is 17.7 Å². The lowest BCUT2D eigenvalue weighted by Crippen LogP contribution is -2.43. The number of benzene rings is 1. The highest BCUT2D eigenvalue weighted by molar-refractivity contribution is 5.95. The summed E-state index contributed by atoms with van der Waals surface area (Å²) in [6.45, 7) is 9.73. The van der Waals surface area contributed by atoms with Crippen LogP contribution in [0.4, 0.5) is 10.5 Å². The lowest BCUT2D eigenvalue weighted by Gasteiger charge is -2.33. The van der Waals surface area contributed by atoms with Crippen LogP contribution in [0, 0.1) is 5.92 Å². The molecule has 1 fully saturated rings. The van der Waals surface area contributed by atoms with Gasteiger partial charge in [-0.2, -0.15) is 0 Å². The summed E-state index contributed by atoms with van der Waals surface area (Å²) in [7, 11) is 0. The summed E-state index contributed by atoms with van der Waals surface area (Å²) >= 11 is 0. The van der Waals surface area contributed by atoms with Crippen LogP contribution in [0.15, 0.2) is 24.3 Å². The molecule has 1 unspecified atom stereocenters. The van der Waals surface area contributed by atoms with Crippen molar-refractivity contribution < 1.29 is 14.3 Å². The average Bonchev–Trinajstić information content (AvgIpc) is 3.08. The van der Waals surface area contributed by atoms with Crippen molar-refractivity contribution in [1.82, 2.24) is 10.2 Å². The van der Waals surface area contributed by atoms with Gasteiger partial charge >= 0.3 is 6.09 Å². The van der Waals surface area contributed by atoms with Crippen LogP contribution >= 0.6 is 0 Å². The third-order valence-electron chi connectivity index (χ3n) is 5.37. The van der Waals surface area contributed by atoms with Crippen LogP contribution in [-0.4, -0.2) is 55.2 Å². The average molecular weight is 388 g/mol. The summed E-state index contributed by atoms with van der Waals surface area (Å²) in [6, 6.07) is 8.18. The first-order valence-electron chi connectivity index (χ1n) is 10.4. The molecule has 6 nitrogen and oxygen atoms in total. The number of carbonyl (C=O) groups excluding carboxylic acids is 2. The molecule has 1 atom stereocenters. The fraction of sp³-hybridized carbons (Fsp3) is 0.636. The minimum Gasteiger partial charge on any atom is -0.444 e. The Labute approximate surface area is 168 Å². The van der Waals surface area contributed by atoms with Gasteiger partial charge in [0.25, 0.3) is 0 Å². The molecule has 6 heteroatoms. The van der Waals surface area contributed by atoms with E-state index < -0.39 is 5.60 Å². The first kappa shape index (κ1) is 20.6. The fourth-order valence-corrected chi connectivity index (χ4v) is 4.05. The Kier molecular flexibility index (Phi) is 6.60. The molecule has 0 radical (unpaired) electrons. The van der Waals surface area contributed by atoms with Gasteiger partial charge in [0.15, 0.2) is 0 Å². The summed E-state index contributed by atoms with van der Waals surface area (Å²) in [5.74, 6) is 0.614. The van der Waals surface area contributed by atoms with Gasteiger partial charge in [-0.1, -0.05) is 18.2 Å². The van der Waals surface area contributed by atoms with Crippen LogP contribution in [0.3, 0.4) is 0 Å². The number of ether oxygens (including phenoxy) is 1. The molecule has 2 aliphatic rings. The predicted octanol–water partition coefficient (Wildman–Crippen LogP) is 3.20. The van der Waals surface area contributed by atoms with E-state index in [4.69, 9.17) is 4.74 Å². The molecular formula is C22H33N3O3. The van der Waals surface area contributed by atoms with Gasteiger partial charge in [-0.15, -0.1) is 0 Å². The van der Waals surface area contributed by atoms with E-state index in [9.17, 15) is 9.59 Å². The molecular weight excluding hydrogens is 354 g/mol. The second-order valence-electron chi connectivity index (χ2n) is 8.87. The van der Waals surface area contributed by atoms with E-state index in [0.717, 1.165) is 51.1 Å². The minimum absolute atomic E-state index is 0.207. The van der Waals surface area contributed by atoms with E-state index in [1.165, 1.54) is 5.56 Å². The van der Waals surface area contributed by atoms with Crippen molar-refractivity contribution in [2.24, 2.45) is 5.92 Å². The number of rotatable bonds is 5. The van der Waals surface area contributed by atoms with Gasteiger partial charge in [-0.3, -0.25) is 4.79 Å². The van der Waals surface area contributed by atoms with Crippen molar-refractivity contribution in [1.29, 1.82) is 0 Å². The van der Waals surface area contributed by atoms with E-state index in [-0.39, 0.29) is 12.0 Å². The Morgan fingerprint density at radius 1 is 1.21 bits per heavy atom. The zero-order chi connectivity index (χ0) is 20.1. The number of piperidine rings is 1. The van der Waals surface area contributed by atoms with Gasteiger partial charge in [-0.25, -0.2) is 4.79 Å². The third kappa shape index (κ3) is 5.71. The number of nitrogens with one attached hydrogen (secondary N) is 1. The van der Waals surface area contributed by atoms with Gasteiger partial charge < -0.3 is 19.9 Å². The Morgan fingerprint density at radius 3 is 2.79 bits per heavy atom. The molecule has 1 N–H and O–H groups in total. The largest absolute Gasteiger partial charge is 0.444 e. The standard InChI is InChI=1S/C22H33N3O3/c1-22(2,3)28-21(27)23-15-17-7-6-12-24(16-17)13-11-20(26)25-14-10-18-8-4-5-9-19(18)25/h4-5,8-9,17H,6-7,10-16H2,1-3H3,(H,23,27). The summed E-state index contributed by atoms with van der Waals surface area (Å²) in [4.78, 5) is 28.8. The number of fused-ring (bicyclic) bond motifs is 1. The second kappa shape index (κ2) is 8.95. The number of anilines is 1. The van der Waals surface area contributed by atoms with E-state index in [0.29, 0.717) is 18.9 Å². The smallest absolute Gasteiger partial charge is 0.407 e. The molecule has 1 saturated heterocycles. The summed E-state index contributed by atoms with van der Waals surface area (Å²) in [5.41, 5.74) is 1.87. The van der Waals surface area contributed by atoms with Crippen LogP contribution in [0.2, 0.25) is 0 Å². The first-order chi connectivity index (χ1) is 13.3. The molecule has 0 saturated carbocycles. The highest BCUT2D eigenvalue weighted by Crippen LogP contribution is 2.28. The van der Waals surface area contributed by atoms with E-state index in [2.05, 4.69) is 16.3 Å². The molecule has 0 aromatic heterocycles. The molecule has 0 bridgehead atoms. The van der Waals surface area contributed by atoms with Crippen molar-refractivity contribution in [3.63, 3.8) is 0 Å². The van der Waals surface area contributed by atoms with E-state index in [1.54, 1.807) is 0 Å². The number of amides is 2. The van der Waals surface area contributed by atoms with Crippen molar-refractivity contribution in [2.45, 2.75) is 52.1 Å². The van der Waals surface area contributed by atoms with Gasteiger partial charge in [0, 0.05) is 38.3 Å². The zero-order valence-electron chi connectivity index (χ0n) is 17.4. The Balaban J connectivity index is 1.42. The fourth-order valence-electron chi connectivity index (χ4n) is 4.05. The zero-order valence-corrected chi connectivity index (χ0v) is 17.4. The lowest BCUT2D eigenvalue weighted by atomic mass is 9.98. The molecule has 0 aliphatic carbocycles. The molecule has 1 aromatic carbocycles. The number of likely N-dealkylation sites (tertiary alicyclic amines) is 1. The van der Waals surface area contributed by atoms with E-state index in [1.807, 2.05) is 43.9 Å². The van der Waals surface area contributed by atoms with Crippen LogP contribution in [0.5, 0.6) is 0 Å². The Bertz CT molecular complexity index is 699. The van der Waals surface area contributed by atoms with Crippen LogP contribution in [0.25, 0.3) is 0 Å². The lowest BCUT2D eigenvalue weighted by molar-refractivity contribution is -0.118. The highest BCUT2D eigenvalue weighted by atomic mass is 16.6. The highest BCUT2D eigenvalue weighted by Gasteiger charge is 2.26. The summed E-state index contributed by atoms with van der Waals surface area (Å²) < 4.78 is 5.31. The topological polar surface area (TPSA) is 61.9 Å². The molecule has 2 heterocycles. The van der Waals surface area contributed by atoms with E-state index >= 15 is 0 Å². The number of para-hydroxylation sites is 1. The molecule has 2 aliphatic heterocycles. The predicted molar refractivity (Wildman–Crippen MR) is 111 cm³/mol. The molecule has 1 aromatic rings. The first-order valence-corrected chi connectivity index (χ1v) is 10.4. The van der Waals surface area contributed by atoms with Crippen LogP contribution < -0.4 is 10.2 Å². The molecule has 28 heavy (non-hydrogen) atoms. The number of nitrogens with zero attached hydrogens (tertiary/aromatic N) is 2. The molecule has 0 spiro atoms. The van der Waals surface area contributed by atoms with Gasteiger partial charge in [0.1, 0.15) is 5.60 Å². The molecule has 2 amide bonds. The third-order valence-corrected chi connectivity index (χ3v) is 5.37. The van der Waals surface area contributed by atoms with Crippen molar-refractivity contribution in [3.8, 4) is 0 Å². The van der Waals surface area contributed by atoms with Crippen LogP contribution in [-0.2, 0) is 16.0 Å². The number of hydrogen-bond donors (Lipinski definition) is 1. The number of alkyl carbamates (subject to hydrolysis) is 1. The number of hydrogen-bond acceptors (Lipinski definition) is 4. The molecule has 154 valence electrons. The monoisotopic (exact) mass is 387 g/mol. The minimum atomic E-state index is -0.475. The summed E-state index contributed by atoms with van der Waals surface area (Å²) in [6.07, 6.45) is 3.33. The summed E-state index contributed by atoms with van der Waals surface area (Å²) in [5, 5.41) is 2.89. The van der Waals surface area contributed by atoms with Gasteiger partial charge in [-0.05, 0) is 64.1 Å². The maximum absolute atomic E-state index is 12.7. The SMILES string of the molecule is CC(C)(C)OC(=O)NCC1CCCN(CCC(=O)N2CCc3ccccc32)C1. The second-order valence-corrected chi connectivity index (χ2v) is 8.87. The van der Waals surface area contributed by atoms with Crippen molar-refractivity contribution in [2.75, 3.05) is 37.6 Å². The maximum Gasteiger partial charge on any atom is 0.407 e. The quantitative estimate of drug-likeness (QED) is 0.843. The molecule has 3 rings (SSSR count). The number of carbonyl (C=O) groups is 2. The van der Waals surface area contributed by atoms with Crippen LogP contribution in [0.1, 0.15) is 45.6 Å².